The molecular formula is C16H18N2O4S. The fourth-order valence-corrected chi connectivity index (χ4v) is 2.60. The van der Waals surface area contributed by atoms with Crippen molar-refractivity contribution in [3.8, 4) is 5.75 Å². The van der Waals surface area contributed by atoms with Crippen molar-refractivity contribution in [1.82, 2.24) is 0 Å². The lowest BCUT2D eigenvalue weighted by Gasteiger charge is -2.11. The molecule has 3 N–H and O–H groups in total. The highest BCUT2D eigenvalue weighted by Crippen LogP contribution is 2.23. The van der Waals surface area contributed by atoms with E-state index in [2.05, 4.69) is 5.32 Å². The van der Waals surface area contributed by atoms with E-state index >= 15 is 0 Å². The molecule has 0 saturated heterocycles. The average Bonchev–Trinajstić information content (AvgIpc) is 2.49. The van der Waals surface area contributed by atoms with Gasteiger partial charge < -0.3 is 10.1 Å². The number of amides is 1. The number of hydrogen-bond acceptors (Lipinski definition) is 4. The molecule has 2 aromatic carbocycles. The molecule has 7 heteroatoms. The first-order valence-corrected chi connectivity index (χ1v) is 8.36. The molecule has 122 valence electrons. The molecule has 6 nitrogen and oxygen atoms in total. The van der Waals surface area contributed by atoms with Gasteiger partial charge in [-0.2, -0.15) is 0 Å². The van der Waals surface area contributed by atoms with Crippen LogP contribution in [0.3, 0.4) is 0 Å². The highest BCUT2D eigenvalue weighted by atomic mass is 32.2. The Hall–Kier alpha value is -2.38. The smallest absolute Gasteiger partial charge is 0.259 e. The Morgan fingerprint density at radius 3 is 2.35 bits per heavy atom. The maximum Gasteiger partial charge on any atom is 0.259 e. The third kappa shape index (κ3) is 3.88. The fourth-order valence-electron chi connectivity index (χ4n) is 2.06. The quantitative estimate of drug-likeness (QED) is 0.895. The number of aryl methyl sites for hydroxylation is 2. The first kappa shape index (κ1) is 17.0. The van der Waals surface area contributed by atoms with Crippen molar-refractivity contribution in [2.75, 3.05) is 12.4 Å². The Morgan fingerprint density at radius 1 is 1.09 bits per heavy atom. The first-order chi connectivity index (χ1) is 10.7. The molecule has 2 aromatic rings. The number of methoxy groups -OCH3 is 1. The van der Waals surface area contributed by atoms with E-state index in [1.54, 1.807) is 6.07 Å². The number of benzene rings is 2. The summed E-state index contributed by atoms with van der Waals surface area (Å²) in [5.74, 6) is -0.214. The Bertz CT molecular complexity index is 860. The van der Waals surface area contributed by atoms with Gasteiger partial charge in [0.05, 0.1) is 17.6 Å². The summed E-state index contributed by atoms with van der Waals surface area (Å²) in [6, 6.07) is 9.39. The topological polar surface area (TPSA) is 98.5 Å². The fraction of sp³-hybridized carbons (Fsp3) is 0.188. The number of primary sulfonamides is 1. The predicted octanol–water partition coefficient (Wildman–Crippen LogP) is 2.21. The van der Waals surface area contributed by atoms with Crippen molar-refractivity contribution in [2.45, 2.75) is 18.7 Å². The number of rotatable bonds is 4. The molecule has 0 aromatic heterocycles. The van der Waals surface area contributed by atoms with E-state index in [0.29, 0.717) is 5.69 Å². The first-order valence-electron chi connectivity index (χ1n) is 6.82. The van der Waals surface area contributed by atoms with Crippen LogP contribution in [0.1, 0.15) is 21.5 Å². The van der Waals surface area contributed by atoms with Crippen LogP contribution in [-0.2, 0) is 10.0 Å². The van der Waals surface area contributed by atoms with Crippen molar-refractivity contribution >= 4 is 21.6 Å². The van der Waals surface area contributed by atoms with E-state index < -0.39 is 15.9 Å². The van der Waals surface area contributed by atoms with Gasteiger partial charge in [0.1, 0.15) is 5.75 Å². The molecule has 0 saturated carbocycles. The summed E-state index contributed by atoms with van der Waals surface area (Å²) in [6.45, 7) is 3.91. The van der Waals surface area contributed by atoms with Crippen molar-refractivity contribution in [2.24, 2.45) is 5.14 Å². The molecule has 0 spiro atoms. The minimum Gasteiger partial charge on any atom is -0.496 e. The van der Waals surface area contributed by atoms with Crippen LogP contribution in [-0.4, -0.2) is 21.4 Å². The van der Waals surface area contributed by atoms with E-state index in [-0.39, 0.29) is 16.2 Å². The SMILES string of the molecule is COc1ccc(S(N)(=O)=O)cc1C(=O)Nc1ccc(C)c(C)c1. The Morgan fingerprint density at radius 2 is 1.78 bits per heavy atom. The number of nitrogens with two attached hydrogens (primary N) is 1. The molecule has 0 aliphatic heterocycles. The summed E-state index contributed by atoms with van der Waals surface area (Å²) in [4.78, 5) is 12.3. The minimum absolute atomic E-state index is 0.0947. The molecule has 0 atom stereocenters. The standard InChI is InChI=1S/C16H18N2O4S/c1-10-4-5-12(8-11(10)2)18-16(19)14-9-13(23(17,20)21)6-7-15(14)22-3/h4-9H,1-3H3,(H,18,19)(H2,17,20,21). The lowest BCUT2D eigenvalue weighted by molar-refractivity contribution is 0.102. The normalized spacial score (nSPS) is 11.1. The van der Waals surface area contributed by atoms with Gasteiger partial charge in [0.25, 0.3) is 5.91 Å². The summed E-state index contributed by atoms with van der Waals surface area (Å²) < 4.78 is 28.0. The highest BCUT2D eigenvalue weighted by molar-refractivity contribution is 7.89. The second kappa shape index (κ2) is 6.39. The second-order valence-electron chi connectivity index (χ2n) is 5.16. The van der Waals surface area contributed by atoms with Gasteiger partial charge in [-0.3, -0.25) is 4.79 Å². The number of carbonyl (C=O) groups excluding carboxylic acids is 1. The van der Waals surface area contributed by atoms with Gasteiger partial charge >= 0.3 is 0 Å². The van der Waals surface area contributed by atoms with Crippen molar-refractivity contribution in [1.29, 1.82) is 0 Å². The lowest BCUT2D eigenvalue weighted by Crippen LogP contribution is -2.16. The lowest BCUT2D eigenvalue weighted by atomic mass is 10.1. The minimum atomic E-state index is -3.90. The van der Waals surface area contributed by atoms with E-state index in [1.807, 2.05) is 26.0 Å². The van der Waals surface area contributed by atoms with Gasteiger partial charge in [-0.15, -0.1) is 0 Å². The second-order valence-corrected chi connectivity index (χ2v) is 6.72. The highest BCUT2D eigenvalue weighted by Gasteiger charge is 2.17. The molecular weight excluding hydrogens is 316 g/mol. The van der Waals surface area contributed by atoms with E-state index in [9.17, 15) is 13.2 Å². The van der Waals surface area contributed by atoms with Crippen LogP contribution in [0.15, 0.2) is 41.3 Å². The zero-order chi connectivity index (χ0) is 17.2. The van der Waals surface area contributed by atoms with Gasteiger partial charge in [-0.25, -0.2) is 13.6 Å². The number of sulfonamides is 1. The van der Waals surface area contributed by atoms with Crippen LogP contribution in [0.4, 0.5) is 5.69 Å². The van der Waals surface area contributed by atoms with Crippen LogP contribution >= 0.6 is 0 Å². The van der Waals surface area contributed by atoms with E-state index in [4.69, 9.17) is 9.88 Å². The van der Waals surface area contributed by atoms with Crippen LogP contribution in [0, 0.1) is 13.8 Å². The zero-order valence-corrected chi connectivity index (χ0v) is 13.9. The number of nitrogens with one attached hydrogen (secondary N) is 1. The van der Waals surface area contributed by atoms with Crippen LogP contribution in [0.5, 0.6) is 5.75 Å². The van der Waals surface area contributed by atoms with E-state index in [1.165, 1.54) is 25.3 Å². The molecule has 1 amide bonds. The largest absolute Gasteiger partial charge is 0.496 e. The predicted molar refractivity (Wildman–Crippen MR) is 88.2 cm³/mol. The van der Waals surface area contributed by atoms with Crippen LogP contribution < -0.4 is 15.2 Å². The number of carbonyl (C=O) groups is 1. The Kier molecular flexibility index (Phi) is 4.72. The van der Waals surface area contributed by atoms with Crippen molar-refractivity contribution in [3.63, 3.8) is 0 Å². The Balaban J connectivity index is 2.39. The molecule has 0 bridgehead atoms. The van der Waals surface area contributed by atoms with Gasteiger partial charge in [0.15, 0.2) is 0 Å². The molecule has 0 unspecified atom stereocenters. The number of ether oxygens (including phenoxy) is 1. The molecule has 0 aliphatic rings. The molecule has 0 heterocycles. The third-order valence-corrected chi connectivity index (χ3v) is 4.42. The summed E-state index contributed by atoms with van der Waals surface area (Å²) in [5.41, 5.74) is 2.85. The van der Waals surface area contributed by atoms with Gasteiger partial charge in [0.2, 0.25) is 10.0 Å². The van der Waals surface area contributed by atoms with Crippen LogP contribution in [0.25, 0.3) is 0 Å². The molecule has 0 radical (unpaired) electrons. The molecule has 23 heavy (non-hydrogen) atoms. The number of anilines is 1. The van der Waals surface area contributed by atoms with Gasteiger partial charge in [-0.1, -0.05) is 6.07 Å². The van der Waals surface area contributed by atoms with Gasteiger partial charge in [-0.05, 0) is 55.3 Å². The van der Waals surface area contributed by atoms with Gasteiger partial charge in [0, 0.05) is 5.69 Å². The molecule has 0 fully saturated rings. The van der Waals surface area contributed by atoms with E-state index in [0.717, 1.165) is 11.1 Å². The third-order valence-electron chi connectivity index (χ3n) is 3.51. The maximum atomic E-state index is 12.4. The maximum absolute atomic E-state index is 12.4. The zero-order valence-electron chi connectivity index (χ0n) is 13.1. The van der Waals surface area contributed by atoms with Crippen molar-refractivity contribution in [3.05, 3.63) is 53.1 Å². The summed E-state index contributed by atoms with van der Waals surface area (Å²) in [6.07, 6.45) is 0. The monoisotopic (exact) mass is 334 g/mol. The summed E-state index contributed by atoms with van der Waals surface area (Å²) >= 11 is 0. The Labute approximate surface area is 135 Å². The van der Waals surface area contributed by atoms with Crippen LogP contribution in [0.2, 0.25) is 0 Å². The van der Waals surface area contributed by atoms with Crippen molar-refractivity contribution < 1.29 is 17.9 Å². The summed E-state index contributed by atoms with van der Waals surface area (Å²) in [5, 5.41) is 7.83. The average molecular weight is 334 g/mol. The molecule has 2 rings (SSSR count). The summed E-state index contributed by atoms with van der Waals surface area (Å²) in [7, 11) is -2.50. The number of hydrogen-bond donors (Lipinski definition) is 2. The molecule has 0 aliphatic carbocycles.